The van der Waals surface area contributed by atoms with Gasteiger partial charge in [0.1, 0.15) is 10.7 Å². The highest BCUT2D eigenvalue weighted by Gasteiger charge is 2.23. The highest BCUT2D eigenvalue weighted by Crippen LogP contribution is 2.21. The summed E-state index contributed by atoms with van der Waals surface area (Å²) < 4.78 is 5.07. The van der Waals surface area contributed by atoms with Gasteiger partial charge >= 0.3 is 5.88 Å². The van der Waals surface area contributed by atoms with Crippen LogP contribution in [0.2, 0.25) is 0 Å². The third-order valence-electron chi connectivity index (χ3n) is 2.84. The zero-order valence-electron chi connectivity index (χ0n) is 8.83. The quantitative estimate of drug-likeness (QED) is 0.612. The molecule has 0 amide bonds. The van der Waals surface area contributed by atoms with Crippen molar-refractivity contribution in [2.24, 2.45) is 5.92 Å². The molecule has 1 unspecified atom stereocenters. The van der Waals surface area contributed by atoms with E-state index in [1.54, 1.807) is 6.07 Å². The molecule has 6 heteroatoms. The Morgan fingerprint density at radius 3 is 3.00 bits per heavy atom. The lowest BCUT2D eigenvalue weighted by Crippen LogP contribution is -2.20. The van der Waals surface area contributed by atoms with Gasteiger partial charge < -0.3 is 9.52 Å². The molecule has 16 heavy (non-hydrogen) atoms. The van der Waals surface area contributed by atoms with Crippen molar-refractivity contribution in [2.75, 3.05) is 19.7 Å². The summed E-state index contributed by atoms with van der Waals surface area (Å²) in [6.45, 7) is 2.50. The van der Waals surface area contributed by atoms with Crippen LogP contribution in [0, 0.1) is 16.0 Å². The summed E-state index contributed by atoms with van der Waals surface area (Å²) in [6, 6.07) is 3.00. The molecule has 0 bridgehead atoms. The number of hydrogen-bond acceptors (Lipinski definition) is 5. The van der Waals surface area contributed by atoms with Crippen molar-refractivity contribution in [3.63, 3.8) is 0 Å². The van der Waals surface area contributed by atoms with Gasteiger partial charge in [-0.05, 0) is 24.9 Å². The molecule has 1 fully saturated rings. The molecule has 1 N–H and O–H groups in total. The summed E-state index contributed by atoms with van der Waals surface area (Å²) in [5.41, 5.74) is 0. The van der Waals surface area contributed by atoms with Gasteiger partial charge in [-0.15, -0.1) is 0 Å². The lowest BCUT2D eigenvalue weighted by atomic mass is 10.1. The van der Waals surface area contributed by atoms with Crippen molar-refractivity contribution in [3.8, 4) is 0 Å². The standard InChI is InChI=1S/C10H14N2O4/c13-7-8-3-4-11(5-8)6-9-1-2-10(16-9)12(14)15/h1-2,8,13H,3-7H2. The molecule has 2 rings (SSSR count). The molecule has 1 aromatic rings. The van der Waals surface area contributed by atoms with Crippen LogP contribution >= 0.6 is 0 Å². The molecular formula is C10H14N2O4. The van der Waals surface area contributed by atoms with Gasteiger partial charge in [-0.25, -0.2) is 0 Å². The maximum Gasteiger partial charge on any atom is 0.433 e. The van der Waals surface area contributed by atoms with Crippen molar-refractivity contribution in [1.82, 2.24) is 4.90 Å². The summed E-state index contributed by atoms with van der Waals surface area (Å²) in [4.78, 5) is 12.0. The molecule has 1 aliphatic rings. The first kappa shape index (κ1) is 11.1. The lowest BCUT2D eigenvalue weighted by molar-refractivity contribution is -0.402. The van der Waals surface area contributed by atoms with E-state index in [2.05, 4.69) is 4.90 Å². The predicted molar refractivity (Wildman–Crippen MR) is 55.8 cm³/mol. The number of aliphatic hydroxyl groups excluding tert-OH is 1. The van der Waals surface area contributed by atoms with E-state index in [4.69, 9.17) is 9.52 Å². The molecule has 6 nitrogen and oxygen atoms in total. The highest BCUT2D eigenvalue weighted by atomic mass is 16.6. The third kappa shape index (κ3) is 2.40. The van der Waals surface area contributed by atoms with E-state index in [-0.39, 0.29) is 12.5 Å². The van der Waals surface area contributed by atoms with Crippen molar-refractivity contribution < 1.29 is 14.4 Å². The maximum absolute atomic E-state index is 10.4. The van der Waals surface area contributed by atoms with E-state index < -0.39 is 4.92 Å². The van der Waals surface area contributed by atoms with E-state index in [0.29, 0.717) is 18.2 Å². The molecule has 0 aromatic carbocycles. The minimum absolute atomic E-state index is 0.203. The van der Waals surface area contributed by atoms with Crippen LogP contribution in [0.25, 0.3) is 0 Å². The van der Waals surface area contributed by atoms with Crippen LogP contribution in [0.3, 0.4) is 0 Å². The SMILES string of the molecule is O=[N+]([O-])c1ccc(CN2CCC(CO)C2)o1. The van der Waals surface area contributed by atoms with Crippen molar-refractivity contribution >= 4 is 5.88 Å². The smallest absolute Gasteiger partial charge is 0.404 e. The topological polar surface area (TPSA) is 79.8 Å². The third-order valence-corrected chi connectivity index (χ3v) is 2.84. The Balaban J connectivity index is 1.92. The van der Waals surface area contributed by atoms with Gasteiger partial charge in [0.05, 0.1) is 12.6 Å². The summed E-state index contributed by atoms with van der Waals surface area (Å²) in [6.07, 6.45) is 0.972. The number of furan rings is 1. The molecule has 1 saturated heterocycles. The fraction of sp³-hybridized carbons (Fsp3) is 0.600. The first-order chi connectivity index (χ1) is 7.69. The number of nitro groups is 1. The molecule has 0 radical (unpaired) electrons. The second-order valence-electron chi connectivity index (χ2n) is 4.07. The van der Waals surface area contributed by atoms with Crippen molar-refractivity contribution in [3.05, 3.63) is 28.0 Å². The Labute approximate surface area is 92.6 Å². The van der Waals surface area contributed by atoms with Gasteiger partial charge in [0.15, 0.2) is 0 Å². The first-order valence-corrected chi connectivity index (χ1v) is 5.25. The van der Waals surface area contributed by atoms with Crippen LogP contribution in [0.15, 0.2) is 16.5 Å². The van der Waals surface area contributed by atoms with Crippen molar-refractivity contribution in [2.45, 2.75) is 13.0 Å². The molecule has 0 spiro atoms. The lowest BCUT2D eigenvalue weighted by Gasteiger charge is -2.12. The normalized spacial score (nSPS) is 21.4. The molecule has 88 valence electrons. The number of rotatable bonds is 4. The first-order valence-electron chi connectivity index (χ1n) is 5.25. The van der Waals surface area contributed by atoms with Crippen LogP contribution in [-0.4, -0.2) is 34.6 Å². The Morgan fingerprint density at radius 2 is 2.44 bits per heavy atom. The van der Waals surface area contributed by atoms with Gasteiger partial charge in [-0.3, -0.25) is 15.0 Å². The van der Waals surface area contributed by atoms with Gasteiger partial charge in [0, 0.05) is 13.2 Å². The Hall–Kier alpha value is -1.40. The average Bonchev–Trinajstić information content (AvgIpc) is 2.87. The summed E-state index contributed by atoms with van der Waals surface area (Å²) in [5.74, 6) is 0.711. The fourth-order valence-corrected chi connectivity index (χ4v) is 1.98. The number of hydrogen-bond donors (Lipinski definition) is 1. The molecule has 1 atom stereocenters. The van der Waals surface area contributed by atoms with Gasteiger partial charge in [-0.1, -0.05) is 0 Å². The molecule has 1 aromatic heterocycles. The Kier molecular flexibility index (Phi) is 3.21. The summed E-state index contributed by atoms with van der Waals surface area (Å²) in [5, 5.41) is 19.4. The molecule has 0 aliphatic carbocycles. The minimum atomic E-state index is -0.538. The Bertz CT molecular complexity index is 377. The average molecular weight is 226 g/mol. The van der Waals surface area contributed by atoms with Crippen LogP contribution in [0.4, 0.5) is 5.88 Å². The van der Waals surface area contributed by atoms with Gasteiger partial charge in [-0.2, -0.15) is 0 Å². The molecule has 1 aliphatic heterocycles. The number of likely N-dealkylation sites (tertiary alicyclic amines) is 1. The van der Waals surface area contributed by atoms with E-state index >= 15 is 0 Å². The monoisotopic (exact) mass is 226 g/mol. The Morgan fingerprint density at radius 1 is 1.62 bits per heavy atom. The molecule has 2 heterocycles. The van der Waals surface area contributed by atoms with Gasteiger partial charge in [0.25, 0.3) is 0 Å². The molecular weight excluding hydrogens is 212 g/mol. The highest BCUT2D eigenvalue weighted by molar-refractivity contribution is 5.17. The second-order valence-corrected chi connectivity index (χ2v) is 4.07. The van der Waals surface area contributed by atoms with Crippen LogP contribution < -0.4 is 0 Å². The van der Waals surface area contributed by atoms with E-state index in [1.807, 2.05) is 0 Å². The molecule has 0 saturated carbocycles. The summed E-state index contributed by atoms with van der Waals surface area (Å²) in [7, 11) is 0. The van der Waals surface area contributed by atoms with E-state index in [9.17, 15) is 10.1 Å². The fourth-order valence-electron chi connectivity index (χ4n) is 1.98. The van der Waals surface area contributed by atoms with Crippen LogP contribution in [0.5, 0.6) is 0 Å². The second kappa shape index (κ2) is 4.63. The zero-order valence-corrected chi connectivity index (χ0v) is 8.83. The number of aliphatic hydroxyl groups is 1. The van der Waals surface area contributed by atoms with Crippen molar-refractivity contribution in [1.29, 1.82) is 0 Å². The van der Waals surface area contributed by atoms with Crippen LogP contribution in [0.1, 0.15) is 12.2 Å². The van der Waals surface area contributed by atoms with Crippen LogP contribution in [-0.2, 0) is 6.54 Å². The van der Waals surface area contributed by atoms with Gasteiger partial charge in [0.2, 0.25) is 0 Å². The van der Waals surface area contributed by atoms with E-state index in [1.165, 1.54) is 6.07 Å². The largest absolute Gasteiger partial charge is 0.433 e. The predicted octanol–water partition coefficient (Wildman–Crippen LogP) is 1.00. The minimum Gasteiger partial charge on any atom is -0.404 e. The number of nitrogens with zero attached hydrogens (tertiary/aromatic N) is 2. The maximum atomic E-state index is 10.4. The van der Waals surface area contributed by atoms with E-state index in [0.717, 1.165) is 19.5 Å². The summed E-state index contributed by atoms with van der Waals surface area (Å²) >= 11 is 0. The zero-order chi connectivity index (χ0) is 11.5.